The molecule has 0 spiro atoms. The number of benzene rings is 3. The summed E-state index contributed by atoms with van der Waals surface area (Å²) in [6.07, 6.45) is 1.10. The summed E-state index contributed by atoms with van der Waals surface area (Å²) in [7, 11) is -0.710. The van der Waals surface area contributed by atoms with E-state index in [4.69, 9.17) is 9.47 Å². The molecule has 158 valence electrons. The molecule has 0 saturated heterocycles. The first-order valence-corrected chi connectivity index (χ1v) is 11.2. The van der Waals surface area contributed by atoms with Gasteiger partial charge in [0.2, 0.25) is 10.0 Å². The van der Waals surface area contributed by atoms with E-state index in [0.717, 1.165) is 21.3 Å². The van der Waals surface area contributed by atoms with Crippen LogP contribution in [0.3, 0.4) is 0 Å². The Kier molecular flexibility index (Phi) is 6.17. The molecule has 0 unspecified atom stereocenters. The summed E-state index contributed by atoms with van der Waals surface area (Å²) in [4.78, 5) is 13.3. The van der Waals surface area contributed by atoms with E-state index in [0.29, 0.717) is 17.2 Å². The van der Waals surface area contributed by atoms with Gasteiger partial charge in [0.1, 0.15) is 0 Å². The third-order valence-electron chi connectivity index (χ3n) is 4.74. The molecule has 0 aliphatic rings. The minimum Gasteiger partial charge on any atom is -0.493 e. The molecule has 0 radical (unpaired) electrons. The van der Waals surface area contributed by atoms with Crippen molar-refractivity contribution in [1.29, 1.82) is 0 Å². The molecule has 0 aliphatic carbocycles. The second-order valence-electron chi connectivity index (χ2n) is 6.63. The van der Waals surface area contributed by atoms with Crippen molar-refractivity contribution in [2.75, 3.05) is 36.6 Å². The Bertz CT molecular complexity index is 1190. The standard InChI is InChI=1S/C22H24N2O5S/c1-5-24(30(4,26)27)19-14-21(29-3)20(28-2)13-17(19)22(25)23-18-12-8-10-15-9-6-7-11-16(15)18/h6-14H,5H2,1-4H3,(H,23,25). The SMILES string of the molecule is CCN(c1cc(OC)c(OC)cc1C(=O)Nc1cccc2ccccc12)S(C)(=O)=O. The molecule has 0 aliphatic heterocycles. The average Bonchev–Trinajstić information content (AvgIpc) is 2.73. The smallest absolute Gasteiger partial charge is 0.257 e. The minimum absolute atomic E-state index is 0.156. The second kappa shape index (κ2) is 8.62. The normalized spacial score (nSPS) is 11.2. The Morgan fingerprint density at radius 1 is 1.00 bits per heavy atom. The number of fused-ring (bicyclic) bond motifs is 1. The zero-order chi connectivity index (χ0) is 21.9. The summed E-state index contributed by atoms with van der Waals surface area (Å²) in [5, 5.41) is 4.77. The van der Waals surface area contributed by atoms with Crippen LogP contribution in [0.5, 0.6) is 11.5 Å². The van der Waals surface area contributed by atoms with E-state index in [9.17, 15) is 13.2 Å². The Hall–Kier alpha value is -3.26. The van der Waals surface area contributed by atoms with Crippen LogP contribution in [0.4, 0.5) is 11.4 Å². The highest BCUT2D eigenvalue weighted by Crippen LogP contribution is 2.37. The maximum Gasteiger partial charge on any atom is 0.257 e. The highest BCUT2D eigenvalue weighted by atomic mass is 32.2. The lowest BCUT2D eigenvalue weighted by molar-refractivity contribution is 0.102. The van der Waals surface area contributed by atoms with Crippen LogP contribution in [0.2, 0.25) is 0 Å². The number of rotatable bonds is 7. The van der Waals surface area contributed by atoms with E-state index >= 15 is 0 Å². The summed E-state index contributed by atoms with van der Waals surface area (Å²) < 4.78 is 36.5. The van der Waals surface area contributed by atoms with Gasteiger partial charge in [-0.05, 0) is 24.4 Å². The first kappa shape index (κ1) is 21.4. The quantitative estimate of drug-likeness (QED) is 0.617. The number of hydrogen-bond donors (Lipinski definition) is 1. The molecule has 0 atom stereocenters. The largest absolute Gasteiger partial charge is 0.493 e. The second-order valence-corrected chi connectivity index (χ2v) is 8.54. The van der Waals surface area contributed by atoms with Gasteiger partial charge in [0.15, 0.2) is 11.5 Å². The van der Waals surface area contributed by atoms with Crippen LogP contribution in [-0.4, -0.2) is 41.3 Å². The number of anilines is 2. The van der Waals surface area contributed by atoms with Gasteiger partial charge in [0, 0.05) is 23.7 Å². The van der Waals surface area contributed by atoms with Crippen molar-refractivity contribution in [3.63, 3.8) is 0 Å². The van der Waals surface area contributed by atoms with Gasteiger partial charge >= 0.3 is 0 Å². The van der Waals surface area contributed by atoms with E-state index in [2.05, 4.69) is 5.32 Å². The molecule has 8 heteroatoms. The average molecular weight is 429 g/mol. The summed E-state index contributed by atoms with van der Waals surface area (Å²) in [5.41, 5.74) is 1.00. The Morgan fingerprint density at radius 2 is 1.63 bits per heavy atom. The van der Waals surface area contributed by atoms with Crippen molar-refractivity contribution in [2.24, 2.45) is 0 Å². The molecule has 30 heavy (non-hydrogen) atoms. The highest BCUT2D eigenvalue weighted by Gasteiger charge is 2.25. The van der Waals surface area contributed by atoms with Gasteiger partial charge in [-0.25, -0.2) is 8.42 Å². The summed E-state index contributed by atoms with van der Waals surface area (Å²) in [6, 6.07) is 16.3. The number of nitrogens with zero attached hydrogens (tertiary/aromatic N) is 1. The zero-order valence-electron chi connectivity index (χ0n) is 17.3. The predicted molar refractivity (Wildman–Crippen MR) is 119 cm³/mol. The number of hydrogen-bond acceptors (Lipinski definition) is 5. The van der Waals surface area contributed by atoms with Crippen molar-refractivity contribution in [3.05, 3.63) is 60.2 Å². The number of carbonyl (C=O) groups excluding carboxylic acids is 1. The lowest BCUT2D eigenvalue weighted by Crippen LogP contribution is -2.31. The van der Waals surface area contributed by atoms with Crippen molar-refractivity contribution < 1.29 is 22.7 Å². The zero-order valence-corrected chi connectivity index (χ0v) is 18.1. The Labute approximate surface area is 176 Å². The van der Waals surface area contributed by atoms with Crippen molar-refractivity contribution in [1.82, 2.24) is 0 Å². The highest BCUT2D eigenvalue weighted by molar-refractivity contribution is 7.92. The maximum atomic E-state index is 13.3. The van der Waals surface area contributed by atoms with Crippen LogP contribution in [0.1, 0.15) is 17.3 Å². The van der Waals surface area contributed by atoms with Gasteiger partial charge in [-0.15, -0.1) is 0 Å². The molecule has 3 aromatic carbocycles. The molecular weight excluding hydrogens is 404 g/mol. The lowest BCUT2D eigenvalue weighted by Gasteiger charge is -2.24. The summed E-state index contributed by atoms with van der Waals surface area (Å²) >= 11 is 0. The third-order valence-corrected chi connectivity index (χ3v) is 6.00. The van der Waals surface area contributed by atoms with Crippen LogP contribution in [0.15, 0.2) is 54.6 Å². The molecule has 1 amide bonds. The molecule has 7 nitrogen and oxygen atoms in total. The van der Waals surface area contributed by atoms with Crippen LogP contribution < -0.4 is 19.1 Å². The predicted octanol–water partition coefficient (Wildman–Crippen LogP) is 3.90. The van der Waals surface area contributed by atoms with Crippen molar-refractivity contribution >= 4 is 38.1 Å². The first-order chi connectivity index (χ1) is 14.3. The summed E-state index contributed by atoms with van der Waals surface area (Å²) in [5.74, 6) is 0.203. The van der Waals surface area contributed by atoms with Gasteiger partial charge in [0.25, 0.3) is 5.91 Å². The number of amides is 1. The van der Waals surface area contributed by atoms with Crippen LogP contribution in [0.25, 0.3) is 10.8 Å². The van der Waals surface area contributed by atoms with Crippen molar-refractivity contribution in [3.8, 4) is 11.5 Å². The minimum atomic E-state index is -3.62. The van der Waals surface area contributed by atoms with E-state index in [1.807, 2.05) is 36.4 Å². The molecule has 0 bridgehead atoms. The van der Waals surface area contributed by atoms with Gasteiger partial charge in [-0.2, -0.15) is 0 Å². The molecule has 3 rings (SSSR count). The fraction of sp³-hybridized carbons (Fsp3) is 0.227. The number of methoxy groups -OCH3 is 2. The van der Waals surface area contributed by atoms with E-state index in [1.54, 1.807) is 13.0 Å². The first-order valence-electron chi connectivity index (χ1n) is 9.33. The van der Waals surface area contributed by atoms with Crippen molar-refractivity contribution in [2.45, 2.75) is 6.92 Å². The molecule has 0 aromatic heterocycles. The molecular formula is C22H24N2O5S. The lowest BCUT2D eigenvalue weighted by atomic mass is 10.1. The van der Waals surface area contributed by atoms with E-state index < -0.39 is 15.9 Å². The van der Waals surface area contributed by atoms with E-state index in [1.165, 1.54) is 26.4 Å². The Morgan fingerprint density at radius 3 is 2.27 bits per heavy atom. The number of ether oxygens (including phenoxy) is 2. The van der Waals surface area contributed by atoms with Crippen LogP contribution in [0, 0.1) is 0 Å². The monoisotopic (exact) mass is 428 g/mol. The number of nitrogens with one attached hydrogen (secondary N) is 1. The fourth-order valence-electron chi connectivity index (χ4n) is 3.36. The topological polar surface area (TPSA) is 84.9 Å². The fourth-order valence-corrected chi connectivity index (χ4v) is 4.34. The molecule has 0 saturated carbocycles. The van der Waals surface area contributed by atoms with Gasteiger partial charge in [0.05, 0.1) is 31.7 Å². The molecule has 1 N–H and O–H groups in total. The van der Waals surface area contributed by atoms with Gasteiger partial charge < -0.3 is 14.8 Å². The maximum absolute atomic E-state index is 13.3. The molecule has 3 aromatic rings. The molecule has 0 heterocycles. The third kappa shape index (κ3) is 4.18. The van der Waals surface area contributed by atoms with Crippen LogP contribution >= 0.6 is 0 Å². The van der Waals surface area contributed by atoms with Crippen LogP contribution in [-0.2, 0) is 10.0 Å². The molecule has 0 fully saturated rings. The summed E-state index contributed by atoms with van der Waals surface area (Å²) in [6.45, 7) is 1.85. The van der Waals surface area contributed by atoms with E-state index in [-0.39, 0.29) is 17.8 Å². The number of carbonyl (C=O) groups is 1. The van der Waals surface area contributed by atoms with Gasteiger partial charge in [-0.3, -0.25) is 9.10 Å². The number of sulfonamides is 1. The van der Waals surface area contributed by atoms with Gasteiger partial charge in [-0.1, -0.05) is 36.4 Å². The Balaban J connectivity index is 2.14.